The van der Waals surface area contributed by atoms with Crippen LogP contribution >= 0.6 is 0 Å². The summed E-state index contributed by atoms with van der Waals surface area (Å²) in [6, 6.07) is 7.15. The maximum Gasteiger partial charge on any atom is 0.318 e. The second-order valence-corrected chi connectivity index (χ2v) is 8.15. The van der Waals surface area contributed by atoms with E-state index in [0.717, 1.165) is 12.1 Å². The number of benzene rings is 1. The highest BCUT2D eigenvalue weighted by Gasteiger charge is 2.22. The molecule has 0 saturated carbocycles. The number of nitrogens with zero attached hydrogens (tertiary/aromatic N) is 3. The lowest BCUT2D eigenvalue weighted by Gasteiger charge is -2.28. The standard InChI is InChI=1S/C21H32N4O4/c1-21(2,3)22-20(26)25(11-10-24(4)5)14-15-12-19(29-23-15)17-13-16(27-6)8-9-18(17)28-7/h8-9,12-13H,10-11,14H2,1-7H3,(H,22,26). The molecule has 160 valence electrons. The summed E-state index contributed by atoms with van der Waals surface area (Å²) in [5, 5.41) is 7.17. The smallest absolute Gasteiger partial charge is 0.318 e. The van der Waals surface area contributed by atoms with Crippen LogP contribution in [0, 0.1) is 0 Å². The summed E-state index contributed by atoms with van der Waals surface area (Å²) in [4.78, 5) is 16.5. The highest BCUT2D eigenvalue weighted by Crippen LogP contribution is 2.33. The van der Waals surface area contributed by atoms with Gasteiger partial charge >= 0.3 is 6.03 Å². The average molecular weight is 405 g/mol. The van der Waals surface area contributed by atoms with E-state index in [0.29, 0.717) is 36.0 Å². The minimum Gasteiger partial charge on any atom is -0.497 e. The van der Waals surface area contributed by atoms with Gasteiger partial charge in [-0.15, -0.1) is 0 Å². The van der Waals surface area contributed by atoms with Gasteiger partial charge in [-0.05, 0) is 53.1 Å². The van der Waals surface area contributed by atoms with Crippen molar-refractivity contribution < 1.29 is 18.8 Å². The zero-order chi connectivity index (χ0) is 21.6. The Morgan fingerprint density at radius 3 is 2.45 bits per heavy atom. The number of hydrogen-bond donors (Lipinski definition) is 1. The lowest BCUT2D eigenvalue weighted by Crippen LogP contribution is -2.49. The molecule has 8 nitrogen and oxygen atoms in total. The third-order valence-corrected chi connectivity index (χ3v) is 4.17. The third kappa shape index (κ3) is 6.67. The summed E-state index contributed by atoms with van der Waals surface area (Å²) in [6.07, 6.45) is 0. The van der Waals surface area contributed by atoms with Gasteiger partial charge in [0, 0.05) is 24.7 Å². The van der Waals surface area contributed by atoms with Crippen molar-refractivity contribution in [1.82, 2.24) is 20.3 Å². The van der Waals surface area contributed by atoms with Crippen LogP contribution in [0.4, 0.5) is 4.79 Å². The normalized spacial score (nSPS) is 11.4. The SMILES string of the molecule is COc1ccc(OC)c(-c2cc(CN(CCN(C)C)C(=O)NC(C)(C)C)no2)c1. The molecule has 29 heavy (non-hydrogen) atoms. The van der Waals surface area contributed by atoms with E-state index >= 15 is 0 Å². The minimum absolute atomic E-state index is 0.136. The van der Waals surface area contributed by atoms with Crippen LogP contribution in [-0.4, -0.2) is 67.9 Å². The van der Waals surface area contributed by atoms with E-state index in [1.807, 2.05) is 64.0 Å². The first-order chi connectivity index (χ1) is 13.6. The first-order valence-electron chi connectivity index (χ1n) is 9.52. The van der Waals surface area contributed by atoms with Crippen LogP contribution in [0.1, 0.15) is 26.5 Å². The van der Waals surface area contributed by atoms with Crippen molar-refractivity contribution in [1.29, 1.82) is 0 Å². The van der Waals surface area contributed by atoms with Gasteiger partial charge in [0.15, 0.2) is 5.76 Å². The molecule has 2 aromatic rings. The van der Waals surface area contributed by atoms with Gasteiger partial charge in [-0.25, -0.2) is 4.79 Å². The van der Waals surface area contributed by atoms with Crippen LogP contribution in [-0.2, 0) is 6.54 Å². The Bertz CT molecular complexity index is 811. The van der Waals surface area contributed by atoms with E-state index in [1.54, 1.807) is 19.1 Å². The largest absolute Gasteiger partial charge is 0.497 e. The Balaban J connectivity index is 2.23. The molecule has 0 aliphatic rings. The van der Waals surface area contributed by atoms with Gasteiger partial charge in [0.25, 0.3) is 0 Å². The van der Waals surface area contributed by atoms with Crippen molar-refractivity contribution in [3.05, 3.63) is 30.0 Å². The summed E-state index contributed by atoms with van der Waals surface area (Å²) in [7, 11) is 7.16. The number of rotatable bonds is 8. The van der Waals surface area contributed by atoms with Gasteiger partial charge in [-0.3, -0.25) is 0 Å². The lowest BCUT2D eigenvalue weighted by molar-refractivity contribution is 0.178. The molecule has 1 N–H and O–H groups in total. The van der Waals surface area contributed by atoms with Crippen LogP contribution < -0.4 is 14.8 Å². The van der Waals surface area contributed by atoms with Gasteiger partial charge < -0.3 is 29.1 Å². The quantitative estimate of drug-likeness (QED) is 0.728. The molecule has 1 aromatic heterocycles. The Morgan fingerprint density at radius 1 is 1.14 bits per heavy atom. The second kappa shape index (κ2) is 9.65. The number of nitrogens with one attached hydrogen (secondary N) is 1. The summed E-state index contributed by atoms with van der Waals surface area (Å²) >= 11 is 0. The molecule has 0 radical (unpaired) electrons. The highest BCUT2D eigenvalue weighted by atomic mass is 16.5. The van der Waals surface area contributed by atoms with Gasteiger partial charge in [-0.1, -0.05) is 5.16 Å². The first-order valence-corrected chi connectivity index (χ1v) is 9.52. The van der Waals surface area contributed by atoms with Crippen molar-refractivity contribution in [2.24, 2.45) is 0 Å². The van der Waals surface area contributed by atoms with E-state index < -0.39 is 0 Å². The maximum absolute atomic E-state index is 12.7. The lowest BCUT2D eigenvalue weighted by atomic mass is 10.1. The van der Waals surface area contributed by atoms with E-state index in [4.69, 9.17) is 14.0 Å². The monoisotopic (exact) mass is 404 g/mol. The predicted octanol–water partition coefficient (Wildman–Crippen LogP) is 3.23. The van der Waals surface area contributed by atoms with Crippen LogP contribution in [0.15, 0.2) is 28.8 Å². The number of aromatic nitrogens is 1. The molecular formula is C21H32N4O4. The highest BCUT2D eigenvalue weighted by molar-refractivity contribution is 5.75. The van der Waals surface area contributed by atoms with Crippen molar-refractivity contribution in [3.8, 4) is 22.8 Å². The van der Waals surface area contributed by atoms with E-state index in [1.165, 1.54) is 0 Å². The minimum atomic E-state index is -0.323. The van der Waals surface area contributed by atoms with Gasteiger partial charge in [0.2, 0.25) is 0 Å². The maximum atomic E-state index is 12.7. The molecule has 0 bridgehead atoms. The molecular weight excluding hydrogens is 372 g/mol. The molecule has 0 saturated heterocycles. The van der Waals surface area contributed by atoms with Crippen LogP contribution in [0.5, 0.6) is 11.5 Å². The molecule has 8 heteroatoms. The molecule has 0 aliphatic heterocycles. The number of urea groups is 1. The Kier molecular flexibility index (Phi) is 7.50. The van der Waals surface area contributed by atoms with E-state index in [-0.39, 0.29) is 11.6 Å². The average Bonchev–Trinajstić information content (AvgIpc) is 3.11. The zero-order valence-electron chi connectivity index (χ0n) is 18.4. The third-order valence-electron chi connectivity index (χ3n) is 4.17. The second-order valence-electron chi connectivity index (χ2n) is 8.15. The van der Waals surface area contributed by atoms with Gasteiger partial charge in [0.05, 0.1) is 26.3 Å². The molecule has 1 heterocycles. The van der Waals surface area contributed by atoms with Crippen molar-refractivity contribution in [3.63, 3.8) is 0 Å². The van der Waals surface area contributed by atoms with E-state index in [2.05, 4.69) is 10.5 Å². The van der Waals surface area contributed by atoms with Gasteiger partial charge in [0.1, 0.15) is 17.2 Å². The Labute approximate surface area is 172 Å². The Hall–Kier alpha value is -2.74. The number of methoxy groups -OCH3 is 2. The molecule has 2 amide bonds. The van der Waals surface area contributed by atoms with Crippen LogP contribution in [0.25, 0.3) is 11.3 Å². The summed E-state index contributed by atoms with van der Waals surface area (Å²) in [5.74, 6) is 1.90. The fraction of sp³-hybridized carbons (Fsp3) is 0.524. The number of carbonyl (C=O) groups excluding carboxylic acids is 1. The molecule has 0 aliphatic carbocycles. The fourth-order valence-corrected chi connectivity index (χ4v) is 2.69. The molecule has 2 rings (SSSR count). The predicted molar refractivity (Wildman–Crippen MR) is 112 cm³/mol. The number of amides is 2. The summed E-state index contributed by atoms with van der Waals surface area (Å²) in [6.45, 7) is 7.52. The van der Waals surface area contributed by atoms with E-state index in [9.17, 15) is 4.79 Å². The summed E-state index contributed by atoms with van der Waals surface area (Å²) in [5.41, 5.74) is 1.08. The van der Waals surface area contributed by atoms with Crippen molar-refractivity contribution in [2.45, 2.75) is 32.9 Å². The number of likely N-dealkylation sites (N-methyl/N-ethyl adjacent to an activating group) is 1. The topological polar surface area (TPSA) is 80.1 Å². The number of carbonyl (C=O) groups is 1. The number of ether oxygens (including phenoxy) is 2. The summed E-state index contributed by atoms with van der Waals surface area (Å²) < 4.78 is 16.3. The van der Waals surface area contributed by atoms with Crippen LogP contribution in [0.3, 0.4) is 0 Å². The van der Waals surface area contributed by atoms with Crippen molar-refractivity contribution >= 4 is 6.03 Å². The number of hydrogen-bond acceptors (Lipinski definition) is 6. The van der Waals surface area contributed by atoms with Crippen LogP contribution in [0.2, 0.25) is 0 Å². The first kappa shape index (κ1) is 22.5. The fourth-order valence-electron chi connectivity index (χ4n) is 2.69. The molecule has 0 unspecified atom stereocenters. The zero-order valence-corrected chi connectivity index (χ0v) is 18.4. The van der Waals surface area contributed by atoms with Gasteiger partial charge in [-0.2, -0.15) is 0 Å². The van der Waals surface area contributed by atoms with Crippen molar-refractivity contribution in [2.75, 3.05) is 41.4 Å². The molecule has 0 fully saturated rings. The Morgan fingerprint density at radius 2 is 1.86 bits per heavy atom. The molecule has 1 aromatic carbocycles. The molecule has 0 atom stereocenters. The molecule has 0 spiro atoms.